The maximum atomic E-state index is 11.5. The maximum absolute atomic E-state index is 11.5. The molecule has 0 radical (unpaired) electrons. The first-order valence-corrected chi connectivity index (χ1v) is 5.85. The van der Waals surface area contributed by atoms with Gasteiger partial charge in [0.15, 0.2) is 0 Å². The molecule has 14 heavy (non-hydrogen) atoms. The van der Waals surface area contributed by atoms with E-state index in [0.29, 0.717) is 6.54 Å². The van der Waals surface area contributed by atoms with Gasteiger partial charge in [-0.05, 0) is 5.92 Å². The van der Waals surface area contributed by atoms with Crippen LogP contribution in [-0.4, -0.2) is 16.1 Å². The predicted octanol–water partition coefficient (Wildman–Crippen LogP) is 1.71. The van der Waals surface area contributed by atoms with E-state index < -0.39 is 0 Å². The molecule has 0 aliphatic carbocycles. The van der Waals surface area contributed by atoms with Gasteiger partial charge in [-0.3, -0.25) is 4.79 Å². The lowest BCUT2D eigenvalue weighted by Gasteiger charge is -2.13. The zero-order chi connectivity index (χ0) is 10.6. The van der Waals surface area contributed by atoms with Crippen LogP contribution in [0, 0.1) is 5.92 Å². The van der Waals surface area contributed by atoms with Crippen molar-refractivity contribution in [3.8, 4) is 0 Å². The highest BCUT2D eigenvalue weighted by atomic mass is 32.1. The largest absolute Gasteiger partial charge is 0.349 e. The van der Waals surface area contributed by atoms with E-state index in [9.17, 15) is 4.79 Å². The first-order valence-electron chi connectivity index (χ1n) is 4.45. The van der Waals surface area contributed by atoms with Gasteiger partial charge >= 0.3 is 0 Å². The lowest BCUT2D eigenvalue weighted by atomic mass is 10.1. The Kier molecular flexibility index (Phi) is 4.41. The molecule has 1 aromatic rings. The normalized spacial score (nSPS) is 12.9. The number of nitrogens with one attached hydrogen (secondary N) is 1. The molecule has 0 fully saturated rings. The minimum absolute atomic E-state index is 0.0291. The summed E-state index contributed by atoms with van der Waals surface area (Å²) in [5.74, 6) is 0.216. The Balaban J connectivity index is 2.35. The summed E-state index contributed by atoms with van der Waals surface area (Å²) in [5, 5.41) is 5.37. The number of amides is 1. The van der Waals surface area contributed by atoms with Gasteiger partial charge in [-0.15, -0.1) is 11.3 Å². The van der Waals surface area contributed by atoms with Gasteiger partial charge in [0.2, 0.25) is 5.91 Å². The molecule has 1 N–H and O–H groups in total. The fraction of sp³-hybridized carbons (Fsp3) is 0.556. The van der Waals surface area contributed by atoms with E-state index in [0.717, 1.165) is 5.01 Å². The number of hydrogen-bond acceptors (Lipinski definition) is 4. The van der Waals surface area contributed by atoms with E-state index >= 15 is 0 Å². The Morgan fingerprint density at radius 3 is 2.93 bits per heavy atom. The van der Waals surface area contributed by atoms with Gasteiger partial charge < -0.3 is 5.32 Å². The van der Waals surface area contributed by atoms with E-state index in [2.05, 4.69) is 22.9 Å². The highest BCUT2D eigenvalue weighted by Crippen LogP contribution is 2.09. The number of nitrogens with zero attached hydrogens (tertiary/aromatic N) is 1. The lowest BCUT2D eigenvalue weighted by molar-refractivity contribution is -0.121. The van der Waals surface area contributed by atoms with Gasteiger partial charge in [-0.2, -0.15) is 12.6 Å². The van der Waals surface area contributed by atoms with Gasteiger partial charge in [0, 0.05) is 11.6 Å². The van der Waals surface area contributed by atoms with Crippen LogP contribution in [-0.2, 0) is 11.3 Å². The van der Waals surface area contributed by atoms with Crippen LogP contribution in [0.25, 0.3) is 0 Å². The summed E-state index contributed by atoms with van der Waals surface area (Å²) in [6.07, 6.45) is 1.73. The summed E-state index contributed by atoms with van der Waals surface area (Å²) in [4.78, 5) is 15.5. The van der Waals surface area contributed by atoms with Crippen LogP contribution in [0.4, 0.5) is 0 Å². The molecule has 0 bridgehead atoms. The number of thiol groups is 1. The monoisotopic (exact) mass is 230 g/mol. The van der Waals surface area contributed by atoms with Gasteiger partial charge in [0.05, 0.1) is 11.8 Å². The molecule has 5 heteroatoms. The first-order chi connectivity index (χ1) is 6.61. The van der Waals surface area contributed by atoms with Crippen molar-refractivity contribution >= 4 is 29.9 Å². The van der Waals surface area contributed by atoms with Crippen molar-refractivity contribution in [2.24, 2.45) is 5.92 Å². The molecule has 1 aromatic heterocycles. The Hall–Kier alpha value is -0.550. The van der Waals surface area contributed by atoms with Gasteiger partial charge in [-0.1, -0.05) is 13.8 Å². The molecule has 1 amide bonds. The zero-order valence-electron chi connectivity index (χ0n) is 8.23. The minimum Gasteiger partial charge on any atom is -0.349 e. The highest BCUT2D eigenvalue weighted by Gasteiger charge is 2.17. The summed E-state index contributed by atoms with van der Waals surface area (Å²) in [6.45, 7) is 4.45. The summed E-state index contributed by atoms with van der Waals surface area (Å²) in [7, 11) is 0. The van der Waals surface area contributed by atoms with Crippen LogP contribution in [0.5, 0.6) is 0 Å². The fourth-order valence-electron chi connectivity index (χ4n) is 0.910. The lowest BCUT2D eigenvalue weighted by Crippen LogP contribution is -2.33. The standard InChI is InChI=1S/C9H14N2OS2/c1-6(2)8(13)9(12)11-5-7-10-3-4-14-7/h3-4,6,8,13H,5H2,1-2H3,(H,11,12). The van der Waals surface area contributed by atoms with E-state index in [1.54, 1.807) is 6.20 Å². The van der Waals surface area contributed by atoms with Crippen LogP contribution >= 0.6 is 24.0 Å². The Bertz CT molecular complexity index is 285. The summed E-state index contributed by atoms with van der Waals surface area (Å²) >= 11 is 5.76. The quantitative estimate of drug-likeness (QED) is 0.773. The third-order valence-electron chi connectivity index (χ3n) is 1.80. The average molecular weight is 230 g/mol. The number of thiazole rings is 1. The second-order valence-corrected chi connectivity index (χ2v) is 4.87. The Labute approximate surface area is 93.3 Å². The average Bonchev–Trinajstić information content (AvgIpc) is 2.65. The number of hydrogen-bond donors (Lipinski definition) is 2. The number of aromatic nitrogens is 1. The molecule has 0 aliphatic heterocycles. The van der Waals surface area contributed by atoms with E-state index in [1.165, 1.54) is 11.3 Å². The van der Waals surface area contributed by atoms with Crippen molar-refractivity contribution < 1.29 is 4.79 Å². The molecular formula is C9H14N2OS2. The molecular weight excluding hydrogens is 216 g/mol. The minimum atomic E-state index is -0.241. The van der Waals surface area contributed by atoms with Crippen molar-refractivity contribution in [2.75, 3.05) is 0 Å². The van der Waals surface area contributed by atoms with E-state index in [-0.39, 0.29) is 17.1 Å². The smallest absolute Gasteiger partial charge is 0.233 e. The molecule has 0 aliphatic rings. The predicted molar refractivity (Wildman–Crippen MR) is 61.6 cm³/mol. The second kappa shape index (κ2) is 5.36. The molecule has 1 unspecified atom stereocenters. The van der Waals surface area contributed by atoms with E-state index in [1.807, 2.05) is 19.2 Å². The maximum Gasteiger partial charge on any atom is 0.233 e. The topological polar surface area (TPSA) is 42.0 Å². The second-order valence-electron chi connectivity index (χ2n) is 3.33. The third-order valence-corrected chi connectivity index (χ3v) is 3.41. The van der Waals surface area contributed by atoms with Crippen LogP contribution < -0.4 is 5.32 Å². The van der Waals surface area contributed by atoms with Gasteiger partial charge in [0.1, 0.15) is 5.01 Å². The number of carbonyl (C=O) groups excluding carboxylic acids is 1. The molecule has 0 aromatic carbocycles. The van der Waals surface area contributed by atoms with Crippen molar-refractivity contribution in [3.63, 3.8) is 0 Å². The zero-order valence-corrected chi connectivity index (χ0v) is 9.94. The molecule has 78 valence electrons. The van der Waals surface area contributed by atoms with Gasteiger partial charge in [-0.25, -0.2) is 4.98 Å². The van der Waals surface area contributed by atoms with Gasteiger partial charge in [0.25, 0.3) is 0 Å². The number of carbonyl (C=O) groups is 1. The molecule has 0 saturated heterocycles. The van der Waals surface area contributed by atoms with Crippen LogP contribution in [0.1, 0.15) is 18.9 Å². The Morgan fingerprint density at radius 2 is 2.43 bits per heavy atom. The summed E-state index contributed by atoms with van der Waals surface area (Å²) in [5.41, 5.74) is 0. The SMILES string of the molecule is CC(C)C(S)C(=O)NCc1nccs1. The molecule has 0 saturated carbocycles. The first kappa shape index (κ1) is 11.5. The molecule has 1 atom stereocenters. The molecule has 1 rings (SSSR count). The number of rotatable bonds is 4. The molecule has 0 spiro atoms. The van der Waals surface area contributed by atoms with Crippen LogP contribution in [0.15, 0.2) is 11.6 Å². The third kappa shape index (κ3) is 3.31. The summed E-state index contributed by atoms with van der Waals surface area (Å²) in [6, 6.07) is 0. The van der Waals surface area contributed by atoms with Crippen molar-refractivity contribution in [1.82, 2.24) is 10.3 Å². The van der Waals surface area contributed by atoms with Crippen molar-refractivity contribution in [1.29, 1.82) is 0 Å². The summed E-state index contributed by atoms with van der Waals surface area (Å²) < 4.78 is 0. The fourth-order valence-corrected chi connectivity index (χ4v) is 1.56. The highest BCUT2D eigenvalue weighted by molar-refractivity contribution is 7.81. The van der Waals surface area contributed by atoms with E-state index in [4.69, 9.17) is 0 Å². The molecule has 3 nitrogen and oxygen atoms in total. The van der Waals surface area contributed by atoms with Crippen molar-refractivity contribution in [2.45, 2.75) is 25.6 Å². The van der Waals surface area contributed by atoms with Crippen molar-refractivity contribution in [3.05, 3.63) is 16.6 Å². The Morgan fingerprint density at radius 1 is 1.71 bits per heavy atom. The van der Waals surface area contributed by atoms with Crippen LogP contribution in [0.3, 0.4) is 0 Å². The van der Waals surface area contributed by atoms with Crippen LogP contribution in [0.2, 0.25) is 0 Å². The molecule has 1 heterocycles.